The molecule has 1 aromatic carbocycles. The lowest BCUT2D eigenvalue weighted by Gasteiger charge is -2.15. The fourth-order valence-electron chi connectivity index (χ4n) is 1.48. The molecule has 0 amide bonds. The van der Waals surface area contributed by atoms with Crippen LogP contribution < -0.4 is 9.46 Å². The van der Waals surface area contributed by atoms with Crippen LogP contribution in [0.5, 0.6) is 5.75 Å². The average molecular weight is 336 g/mol. The van der Waals surface area contributed by atoms with Crippen LogP contribution in [0.1, 0.15) is 32.4 Å². The summed E-state index contributed by atoms with van der Waals surface area (Å²) in [4.78, 5) is 0. The molecule has 6 heteroatoms. The Balaban J connectivity index is 2.73. The SMILES string of the molecule is CC(C)Oc1ccc(C(C)NS(=O)(=O)CBr)cc1. The number of hydrogen-bond acceptors (Lipinski definition) is 3. The molecule has 1 N–H and O–H groups in total. The third kappa shape index (κ3) is 4.96. The van der Waals surface area contributed by atoms with Crippen LogP contribution in [-0.2, 0) is 10.0 Å². The Kier molecular flexibility index (Phi) is 5.62. The topological polar surface area (TPSA) is 55.4 Å². The number of ether oxygens (including phenoxy) is 1. The van der Waals surface area contributed by atoms with Crippen molar-refractivity contribution in [2.45, 2.75) is 32.9 Å². The molecule has 1 unspecified atom stereocenters. The van der Waals surface area contributed by atoms with E-state index in [-0.39, 0.29) is 16.8 Å². The number of alkyl halides is 1. The summed E-state index contributed by atoms with van der Waals surface area (Å²) >= 11 is 2.94. The molecule has 0 heterocycles. The van der Waals surface area contributed by atoms with Crippen LogP contribution in [-0.4, -0.2) is 19.2 Å². The predicted molar refractivity (Wildman–Crippen MR) is 76.5 cm³/mol. The summed E-state index contributed by atoms with van der Waals surface area (Å²) in [5.41, 5.74) is 0.899. The molecule has 0 aliphatic rings. The number of nitrogens with one attached hydrogen (secondary N) is 1. The third-order valence-corrected chi connectivity index (χ3v) is 5.06. The Hall–Kier alpha value is -0.590. The first-order valence-corrected chi connectivity index (χ1v) is 8.44. The van der Waals surface area contributed by atoms with Gasteiger partial charge in [0.2, 0.25) is 10.0 Å². The lowest BCUT2D eigenvalue weighted by molar-refractivity contribution is 0.242. The fourth-order valence-corrected chi connectivity index (χ4v) is 2.61. The van der Waals surface area contributed by atoms with Crippen molar-refractivity contribution in [1.82, 2.24) is 4.72 Å². The van der Waals surface area contributed by atoms with E-state index in [1.165, 1.54) is 0 Å². The summed E-state index contributed by atoms with van der Waals surface area (Å²) in [6.45, 7) is 5.72. The van der Waals surface area contributed by atoms with Gasteiger partial charge in [0, 0.05) is 6.04 Å². The van der Waals surface area contributed by atoms with Gasteiger partial charge in [0.05, 0.1) is 6.10 Å². The van der Waals surface area contributed by atoms with Crippen molar-refractivity contribution in [3.63, 3.8) is 0 Å². The van der Waals surface area contributed by atoms with Crippen LogP contribution >= 0.6 is 15.9 Å². The molecule has 0 saturated heterocycles. The van der Waals surface area contributed by atoms with Gasteiger partial charge in [-0.1, -0.05) is 28.1 Å². The van der Waals surface area contributed by atoms with Gasteiger partial charge in [0.25, 0.3) is 0 Å². The summed E-state index contributed by atoms with van der Waals surface area (Å²) in [7, 11) is -3.26. The van der Waals surface area contributed by atoms with Gasteiger partial charge in [-0.3, -0.25) is 0 Å². The first kappa shape index (κ1) is 15.5. The maximum Gasteiger partial charge on any atom is 0.222 e. The van der Waals surface area contributed by atoms with Crippen LogP contribution in [0.2, 0.25) is 0 Å². The Morgan fingerprint density at radius 2 is 1.78 bits per heavy atom. The van der Waals surface area contributed by atoms with Crippen molar-refractivity contribution in [3.8, 4) is 5.75 Å². The molecule has 1 aromatic rings. The van der Waals surface area contributed by atoms with Crippen LogP contribution in [0.15, 0.2) is 24.3 Å². The van der Waals surface area contributed by atoms with E-state index in [1.54, 1.807) is 6.92 Å². The lowest BCUT2D eigenvalue weighted by Crippen LogP contribution is -2.27. The first-order valence-electron chi connectivity index (χ1n) is 5.66. The normalized spacial score (nSPS) is 13.6. The lowest BCUT2D eigenvalue weighted by atomic mass is 10.1. The predicted octanol–water partition coefficient (Wildman–Crippen LogP) is 2.81. The standard InChI is InChI=1S/C12H18BrNO3S/c1-9(2)17-12-6-4-11(5-7-12)10(3)14-18(15,16)8-13/h4-7,9-10,14H,8H2,1-3H3. The smallest absolute Gasteiger partial charge is 0.222 e. The first-order chi connectivity index (χ1) is 8.34. The Morgan fingerprint density at radius 1 is 1.22 bits per heavy atom. The zero-order chi connectivity index (χ0) is 13.8. The summed E-state index contributed by atoms with van der Waals surface area (Å²) in [5, 5.41) is 0. The highest BCUT2D eigenvalue weighted by molar-refractivity contribution is 9.10. The van der Waals surface area contributed by atoms with Gasteiger partial charge in [-0.15, -0.1) is 0 Å². The van der Waals surface area contributed by atoms with Crippen LogP contribution in [0.3, 0.4) is 0 Å². The second-order valence-electron chi connectivity index (χ2n) is 4.30. The second-order valence-corrected chi connectivity index (χ2v) is 7.36. The number of halogens is 1. The zero-order valence-corrected chi connectivity index (χ0v) is 13.1. The van der Waals surface area contributed by atoms with E-state index in [0.29, 0.717) is 0 Å². The molecule has 4 nitrogen and oxygen atoms in total. The number of sulfonamides is 1. The molecule has 0 aromatic heterocycles. The second kappa shape index (κ2) is 6.54. The quantitative estimate of drug-likeness (QED) is 0.813. The number of hydrogen-bond donors (Lipinski definition) is 1. The summed E-state index contributed by atoms with van der Waals surface area (Å²) in [6.07, 6.45) is 0.125. The molecule has 18 heavy (non-hydrogen) atoms. The molecule has 0 spiro atoms. The van der Waals surface area contributed by atoms with Crippen molar-refractivity contribution >= 4 is 26.0 Å². The minimum atomic E-state index is -3.26. The molecular formula is C12H18BrNO3S. The van der Waals surface area contributed by atoms with Crippen molar-refractivity contribution in [2.75, 3.05) is 4.66 Å². The van der Waals surface area contributed by atoms with Gasteiger partial charge in [-0.05, 0) is 38.5 Å². The van der Waals surface area contributed by atoms with Gasteiger partial charge in [-0.2, -0.15) is 0 Å². The molecular weight excluding hydrogens is 318 g/mol. The monoisotopic (exact) mass is 335 g/mol. The van der Waals surface area contributed by atoms with E-state index in [1.807, 2.05) is 38.1 Å². The largest absolute Gasteiger partial charge is 0.491 e. The minimum Gasteiger partial charge on any atom is -0.491 e. The molecule has 0 fully saturated rings. The highest BCUT2D eigenvalue weighted by atomic mass is 79.9. The average Bonchev–Trinajstić information content (AvgIpc) is 2.28. The zero-order valence-electron chi connectivity index (χ0n) is 10.7. The molecule has 0 saturated carbocycles. The summed E-state index contributed by atoms with van der Waals surface area (Å²) in [6, 6.07) is 7.14. The third-order valence-electron chi connectivity index (χ3n) is 2.25. The van der Waals surface area contributed by atoms with E-state index in [9.17, 15) is 8.42 Å². The molecule has 102 valence electrons. The van der Waals surface area contributed by atoms with Gasteiger partial charge >= 0.3 is 0 Å². The van der Waals surface area contributed by atoms with Crippen molar-refractivity contribution < 1.29 is 13.2 Å². The van der Waals surface area contributed by atoms with Crippen molar-refractivity contribution in [1.29, 1.82) is 0 Å². The van der Waals surface area contributed by atoms with E-state index in [4.69, 9.17) is 4.74 Å². The maximum absolute atomic E-state index is 11.4. The van der Waals surface area contributed by atoms with E-state index < -0.39 is 10.0 Å². The molecule has 1 atom stereocenters. The van der Waals surface area contributed by atoms with Gasteiger partial charge < -0.3 is 4.74 Å². The summed E-state index contributed by atoms with van der Waals surface area (Å²) in [5.74, 6) is 0.782. The molecule has 0 bridgehead atoms. The number of benzene rings is 1. The van der Waals surface area contributed by atoms with Gasteiger partial charge in [0.1, 0.15) is 10.4 Å². The molecule has 0 aliphatic heterocycles. The van der Waals surface area contributed by atoms with Gasteiger partial charge in [0.15, 0.2) is 0 Å². The van der Waals surface area contributed by atoms with Crippen molar-refractivity contribution in [3.05, 3.63) is 29.8 Å². The summed E-state index contributed by atoms with van der Waals surface area (Å²) < 4.78 is 30.8. The Bertz CT molecular complexity index is 471. The minimum absolute atomic E-state index is 0.0983. The number of rotatable bonds is 6. The molecule has 1 rings (SSSR count). The Labute approximate surface area is 117 Å². The van der Waals surface area contributed by atoms with Crippen LogP contribution in [0.25, 0.3) is 0 Å². The van der Waals surface area contributed by atoms with E-state index >= 15 is 0 Å². The molecule has 0 aliphatic carbocycles. The molecule has 0 radical (unpaired) electrons. The fraction of sp³-hybridized carbons (Fsp3) is 0.500. The van der Waals surface area contributed by atoms with Crippen LogP contribution in [0, 0.1) is 0 Å². The maximum atomic E-state index is 11.4. The van der Waals surface area contributed by atoms with Crippen LogP contribution in [0.4, 0.5) is 0 Å². The van der Waals surface area contributed by atoms with Crippen molar-refractivity contribution in [2.24, 2.45) is 0 Å². The van der Waals surface area contributed by atoms with Gasteiger partial charge in [-0.25, -0.2) is 13.1 Å². The Morgan fingerprint density at radius 3 is 2.22 bits per heavy atom. The van der Waals surface area contributed by atoms with E-state index in [2.05, 4.69) is 20.7 Å². The highest BCUT2D eigenvalue weighted by Crippen LogP contribution is 2.19. The highest BCUT2D eigenvalue weighted by Gasteiger charge is 2.14. The van der Waals surface area contributed by atoms with E-state index in [0.717, 1.165) is 11.3 Å².